The summed E-state index contributed by atoms with van der Waals surface area (Å²) in [6, 6.07) is 0. The van der Waals surface area contributed by atoms with Gasteiger partial charge in [0.25, 0.3) is 0 Å². The summed E-state index contributed by atoms with van der Waals surface area (Å²) in [5.41, 5.74) is 0. The van der Waals surface area contributed by atoms with Gasteiger partial charge < -0.3 is 4.90 Å². The van der Waals surface area contributed by atoms with Gasteiger partial charge in [0.05, 0.1) is 0 Å². The van der Waals surface area contributed by atoms with E-state index in [2.05, 4.69) is 41.6 Å². The topological polar surface area (TPSA) is 3.24 Å². The fourth-order valence-corrected chi connectivity index (χ4v) is 2.22. The molecule has 0 saturated carbocycles. The largest absolute Gasteiger partial charge is 0.303 e. The third-order valence-corrected chi connectivity index (χ3v) is 4.27. The molecule has 1 nitrogen and oxygen atoms in total. The van der Waals surface area contributed by atoms with Gasteiger partial charge in [0, 0.05) is 11.4 Å². The van der Waals surface area contributed by atoms with Gasteiger partial charge in [-0.05, 0) is 37.8 Å². The second-order valence-electron chi connectivity index (χ2n) is 4.77. The van der Waals surface area contributed by atoms with Crippen LogP contribution in [0.1, 0.15) is 33.6 Å². The highest BCUT2D eigenvalue weighted by molar-refractivity contribution is 9.09. The molecule has 2 unspecified atom stereocenters. The zero-order valence-electron chi connectivity index (χ0n) is 9.09. The number of piperidine rings is 1. The van der Waals surface area contributed by atoms with Gasteiger partial charge >= 0.3 is 0 Å². The molecule has 1 aliphatic heterocycles. The average Bonchev–Trinajstić information content (AvgIpc) is 2.07. The highest BCUT2D eigenvalue weighted by Crippen LogP contribution is 2.23. The van der Waals surface area contributed by atoms with Crippen LogP contribution in [0.5, 0.6) is 0 Å². The van der Waals surface area contributed by atoms with Crippen LogP contribution in [0.4, 0.5) is 0 Å². The Labute approximate surface area is 91.0 Å². The fourth-order valence-electron chi connectivity index (χ4n) is 1.85. The standard InChI is InChI=1S/C11H22BrN/c1-9(2)4-6-13-7-5-11(12)10(3)8-13/h9-11H,4-8H2,1-3H3. The van der Waals surface area contributed by atoms with Crippen LogP contribution in [-0.4, -0.2) is 29.4 Å². The van der Waals surface area contributed by atoms with Crippen LogP contribution in [0.3, 0.4) is 0 Å². The normalized spacial score (nSPS) is 31.2. The van der Waals surface area contributed by atoms with Gasteiger partial charge in [0.15, 0.2) is 0 Å². The third kappa shape index (κ3) is 3.99. The second-order valence-corrected chi connectivity index (χ2v) is 5.94. The summed E-state index contributed by atoms with van der Waals surface area (Å²) in [5, 5.41) is 0. The molecule has 1 heterocycles. The first-order chi connectivity index (χ1) is 6.09. The molecule has 0 aromatic carbocycles. The van der Waals surface area contributed by atoms with E-state index in [-0.39, 0.29) is 0 Å². The summed E-state index contributed by atoms with van der Waals surface area (Å²) in [6.45, 7) is 10.8. The van der Waals surface area contributed by atoms with Crippen molar-refractivity contribution in [1.29, 1.82) is 0 Å². The van der Waals surface area contributed by atoms with E-state index in [9.17, 15) is 0 Å². The molecule has 0 aromatic heterocycles. The molecule has 0 bridgehead atoms. The maximum atomic E-state index is 3.73. The van der Waals surface area contributed by atoms with E-state index in [4.69, 9.17) is 0 Å². The Balaban J connectivity index is 2.21. The molecular formula is C11H22BrN. The number of hydrogen-bond donors (Lipinski definition) is 0. The van der Waals surface area contributed by atoms with Crippen LogP contribution in [0.2, 0.25) is 0 Å². The SMILES string of the molecule is CC(C)CCN1CCC(Br)C(C)C1. The van der Waals surface area contributed by atoms with Crippen molar-refractivity contribution in [2.75, 3.05) is 19.6 Å². The molecule has 1 fully saturated rings. The third-order valence-electron chi connectivity index (χ3n) is 2.91. The van der Waals surface area contributed by atoms with E-state index in [1.807, 2.05) is 0 Å². The molecule has 0 aromatic rings. The van der Waals surface area contributed by atoms with E-state index < -0.39 is 0 Å². The molecule has 1 rings (SSSR count). The monoisotopic (exact) mass is 247 g/mol. The van der Waals surface area contributed by atoms with Gasteiger partial charge in [0.2, 0.25) is 0 Å². The lowest BCUT2D eigenvalue weighted by molar-refractivity contribution is 0.182. The smallest absolute Gasteiger partial charge is 0.0195 e. The molecule has 1 aliphatic rings. The molecule has 0 amide bonds. The Bertz CT molecular complexity index is 147. The van der Waals surface area contributed by atoms with Crippen molar-refractivity contribution in [2.24, 2.45) is 11.8 Å². The predicted molar refractivity (Wildman–Crippen MR) is 62.4 cm³/mol. The summed E-state index contributed by atoms with van der Waals surface area (Å²) in [5.74, 6) is 1.66. The van der Waals surface area contributed by atoms with Crippen LogP contribution >= 0.6 is 15.9 Å². The van der Waals surface area contributed by atoms with E-state index in [0.29, 0.717) is 0 Å². The zero-order valence-corrected chi connectivity index (χ0v) is 10.7. The van der Waals surface area contributed by atoms with Crippen LogP contribution in [-0.2, 0) is 0 Å². The molecule has 0 radical (unpaired) electrons. The van der Waals surface area contributed by atoms with Crippen molar-refractivity contribution in [2.45, 2.75) is 38.4 Å². The molecule has 0 N–H and O–H groups in total. The maximum Gasteiger partial charge on any atom is 0.0195 e. The lowest BCUT2D eigenvalue weighted by Crippen LogP contribution is -2.40. The minimum atomic E-state index is 0.753. The molecule has 1 saturated heterocycles. The zero-order chi connectivity index (χ0) is 9.84. The minimum Gasteiger partial charge on any atom is -0.303 e. The van der Waals surface area contributed by atoms with Gasteiger partial charge in [-0.3, -0.25) is 0 Å². The summed E-state index contributed by atoms with van der Waals surface area (Å²) in [6.07, 6.45) is 2.67. The number of rotatable bonds is 3. The first-order valence-electron chi connectivity index (χ1n) is 5.46. The maximum absolute atomic E-state index is 3.73. The van der Waals surface area contributed by atoms with E-state index in [0.717, 1.165) is 16.7 Å². The Morgan fingerprint density at radius 1 is 1.46 bits per heavy atom. The van der Waals surface area contributed by atoms with Crippen LogP contribution in [0.25, 0.3) is 0 Å². The molecule has 13 heavy (non-hydrogen) atoms. The molecule has 78 valence electrons. The molecular weight excluding hydrogens is 226 g/mol. The number of nitrogens with zero attached hydrogens (tertiary/aromatic N) is 1. The Hall–Kier alpha value is 0.440. The van der Waals surface area contributed by atoms with Crippen molar-refractivity contribution in [3.8, 4) is 0 Å². The molecule has 2 atom stereocenters. The molecule has 2 heteroatoms. The van der Waals surface area contributed by atoms with E-state index in [1.54, 1.807) is 0 Å². The highest BCUT2D eigenvalue weighted by atomic mass is 79.9. The van der Waals surface area contributed by atoms with Crippen LogP contribution in [0.15, 0.2) is 0 Å². The first kappa shape index (κ1) is 11.5. The molecule has 0 spiro atoms. The fraction of sp³-hybridized carbons (Fsp3) is 1.00. The van der Waals surface area contributed by atoms with Gasteiger partial charge in [0.1, 0.15) is 0 Å². The Morgan fingerprint density at radius 3 is 2.69 bits per heavy atom. The van der Waals surface area contributed by atoms with Crippen LogP contribution < -0.4 is 0 Å². The van der Waals surface area contributed by atoms with Crippen molar-refractivity contribution in [3.05, 3.63) is 0 Å². The van der Waals surface area contributed by atoms with Crippen molar-refractivity contribution >= 4 is 15.9 Å². The van der Waals surface area contributed by atoms with Gasteiger partial charge in [-0.25, -0.2) is 0 Å². The van der Waals surface area contributed by atoms with Gasteiger partial charge in [-0.1, -0.05) is 36.7 Å². The Morgan fingerprint density at radius 2 is 2.15 bits per heavy atom. The first-order valence-corrected chi connectivity index (χ1v) is 6.37. The number of halogens is 1. The molecule has 0 aliphatic carbocycles. The Kier molecular flexibility index (Phi) is 4.74. The highest BCUT2D eigenvalue weighted by Gasteiger charge is 2.23. The number of alkyl halides is 1. The number of likely N-dealkylation sites (tertiary alicyclic amines) is 1. The quantitative estimate of drug-likeness (QED) is 0.693. The lowest BCUT2D eigenvalue weighted by Gasteiger charge is -2.34. The minimum absolute atomic E-state index is 0.753. The summed E-state index contributed by atoms with van der Waals surface area (Å²) >= 11 is 3.73. The van der Waals surface area contributed by atoms with Gasteiger partial charge in [-0.2, -0.15) is 0 Å². The summed E-state index contributed by atoms with van der Waals surface area (Å²) in [4.78, 5) is 3.37. The second kappa shape index (κ2) is 5.35. The van der Waals surface area contributed by atoms with Gasteiger partial charge in [-0.15, -0.1) is 0 Å². The van der Waals surface area contributed by atoms with Crippen molar-refractivity contribution < 1.29 is 0 Å². The average molecular weight is 248 g/mol. The van der Waals surface area contributed by atoms with Crippen LogP contribution in [0, 0.1) is 11.8 Å². The van der Waals surface area contributed by atoms with E-state index in [1.165, 1.54) is 32.5 Å². The van der Waals surface area contributed by atoms with E-state index >= 15 is 0 Å². The summed E-state index contributed by atoms with van der Waals surface area (Å²) < 4.78 is 0. The van der Waals surface area contributed by atoms with Crippen molar-refractivity contribution in [3.63, 3.8) is 0 Å². The predicted octanol–water partition coefficient (Wildman–Crippen LogP) is 3.14. The van der Waals surface area contributed by atoms with Crippen molar-refractivity contribution in [1.82, 2.24) is 4.90 Å². The summed E-state index contributed by atoms with van der Waals surface area (Å²) in [7, 11) is 0. The number of hydrogen-bond acceptors (Lipinski definition) is 1. The lowest BCUT2D eigenvalue weighted by atomic mass is 9.99.